The number of aliphatic carboxylic acids is 1. The van der Waals surface area contributed by atoms with Gasteiger partial charge in [0.2, 0.25) is 0 Å². The summed E-state index contributed by atoms with van der Waals surface area (Å²) in [7, 11) is 0. The van der Waals surface area contributed by atoms with Crippen LogP contribution in [-0.4, -0.2) is 21.0 Å². The van der Waals surface area contributed by atoms with Crippen LogP contribution in [0, 0.1) is 5.82 Å². The highest BCUT2D eigenvalue weighted by atomic mass is 19.1. The molecule has 17 heavy (non-hydrogen) atoms. The Hall–Kier alpha value is -2.30. The molecule has 0 saturated carbocycles. The van der Waals surface area contributed by atoms with Crippen molar-refractivity contribution in [1.29, 1.82) is 0 Å². The quantitative estimate of drug-likeness (QED) is 0.877. The maximum atomic E-state index is 13.0. The van der Waals surface area contributed by atoms with Gasteiger partial charge in [-0.2, -0.15) is 0 Å². The molecule has 0 fully saturated rings. The van der Waals surface area contributed by atoms with Crippen molar-refractivity contribution in [3.8, 4) is 11.3 Å². The van der Waals surface area contributed by atoms with Crippen LogP contribution in [0.3, 0.4) is 0 Å². The topological polar surface area (TPSA) is 63.1 Å². The zero-order chi connectivity index (χ0) is 12.3. The molecule has 0 saturated heterocycles. The van der Waals surface area contributed by atoms with Gasteiger partial charge in [-0.1, -0.05) is 0 Å². The number of hydrogen-bond acceptors (Lipinski definition) is 3. The molecular weight excluding hydrogens is 223 g/mol. The van der Waals surface area contributed by atoms with E-state index >= 15 is 0 Å². The highest BCUT2D eigenvalue weighted by Gasteiger charge is 2.11. The zero-order valence-corrected chi connectivity index (χ0v) is 8.80. The summed E-state index contributed by atoms with van der Waals surface area (Å²) in [6.45, 7) is 0. The summed E-state index contributed by atoms with van der Waals surface area (Å²) in [6, 6.07) is 4.59. The third-order valence-corrected chi connectivity index (χ3v) is 2.23. The average molecular weight is 232 g/mol. The number of aromatic nitrogens is 2. The molecule has 2 aromatic heterocycles. The fourth-order valence-electron chi connectivity index (χ4n) is 1.55. The zero-order valence-electron chi connectivity index (χ0n) is 8.80. The smallest absolute Gasteiger partial charge is 0.307 e. The number of halogens is 1. The van der Waals surface area contributed by atoms with Gasteiger partial charge in [-0.15, -0.1) is 0 Å². The molecule has 2 heterocycles. The predicted molar refractivity (Wildman–Crippen MR) is 58.8 cm³/mol. The third-order valence-electron chi connectivity index (χ3n) is 2.23. The highest BCUT2D eigenvalue weighted by Crippen LogP contribution is 2.21. The third kappa shape index (κ3) is 2.63. The second-order valence-electron chi connectivity index (χ2n) is 3.47. The van der Waals surface area contributed by atoms with E-state index in [4.69, 9.17) is 5.11 Å². The molecule has 0 radical (unpaired) electrons. The Morgan fingerprint density at radius 3 is 2.71 bits per heavy atom. The summed E-state index contributed by atoms with van der Waals surface area (Å²) >= 11 is 0. The van der Waals surface area contributed by atoms with Gasteiger partial charge in [0.25, 0.3) is 0 Å². The largest absolute Gasteiger partial charge is 0.481 e. The minimum absolute atomic E-state index is 0.261. The summed E-state index contributed by atoms with van der Waals surface area (Å²) in [4.78, 5) is 18.5. The van der Waals surface area contributed by atoms with Crippen molar-refractivity contribution >= 4 is 5.97 Å². The predicted octanol–water partition coefficient (Wildman–Crippen LogP) is 1.91. The molecule has 2 aromatic rings. The first-order valence-corrected chi connectivity index (χ1v) is 4.93. The lowest BCUT2D eigenvalue weighted by Gasteiger charge is -2.06. The molecule has 0 unspecified atom stereocenters. The lowest BCUT2D eigenvalue weighted by Crippen LogP contribution is -2.04. The van der Waals surface area contributed by atoms with Crippen molar-refractivity contribution in [3.63, 3.8) is 0 Å². The number of nitrogens with zero attached hydrogens (tertiary/aromatic N) is 2. The van der Waals surface area contributed by atoms with Crippen LogP contribution in [0.4, 0.5) is 4.39 Å². The van der Waals surface area contributed by atoms with E-state index in [-0.39, 0.29) is 6.42 Å². The maximum absolute atomic E-state index is 13.0. The normalized spacial score (nSPS) is 10.2. The maximum Gasteiger partial charge on any atom is 0.307 e. The van der Waals surface area contributed by atoms with Crippen molar-refractivity contribution in [2.24, 2.45) is 0 Å². The van der Waals surface area contributed by atoms with Crippen LogP contribution >= 0.6 is 0 Å². The number of carboxylic acids is 1. The Balaban J connectivity index is 2.50. The van der Waals surface area contributed by atoms with Gasteiger partial charge in [0.05, 0.1) is 18.3 Å². The van der Waals surface area contributed by atoms with Crippen LogP contribution in [0.2, 0.25) is 0 Å². The van der Waals surface area contributed by atoms with Crippen molar-refractivity contribution in [2.75, 3.05) is 0 Å². The van der Waals surface area contributed by atoms with Gasteiger partial charge < -0.3 is 5.11 Å². The molecule has 1 N–H and O–H groups in total. The molecule has 0 amide bonds. The van der Waals surface area contributed by atoms with E-state index in [9.17, 15) is 9.18 Å². The summed E-state index contributed by atoms with van der Waals surface area (Å²) in [5.74, 6) is -1.56. The molecule has 0 spiro atoms. The summed E-state index contributed by atoms with van der Waals surface area (Å²) in [5.41, 5.74) is 1.54. The molecular formula is C12H9FN2O2. The Bertz CT molecular complexity index is 543. The molecule has 0 aliphatic heterocycles. The van der Waals surface area contributed by atoms with Gasteiger partial charge in [-0.3, -0.25) is 14.8 Å². The van der Waals surface area contributed by atoms with E-state index in [1.54, 1.807) is 24.5 Å². The fourth-order valence-corrected chi connectivity index (χ4v) is 1.55. The van der Waals surface area contributed by atoms with E-state index in [1.807, 2.05) is 0 Å². The van der Waals surface area contributed by atoms with Gasteiger partial charge >= 0.3 is 5.97 Å². The van der Waals surface area contributed by atoms with E-state index in [0.717, 1.165) is 11.8 Å². The molecule has 5 heteroatoms. The van der Waals surface area contributed by atoms with Gasteiger partial charge in [-0.05, 0) is 23.8 Å². The second-order valence-corrected chi connectivity index (χ2v) is 3.47. The van der Waals surface area contributed by atoms with E-state index in [1.165, 1.54) is 6.07 Å². The van der Waals surface area contributed by atoms with Crippen LogP contribution in [0.25, 0.3) is 11.3 Å². The number of rotatable bonds is 3. The van der Waals surface area contributed by atoms with Gasteiger partial charge in [0, 0.05) is 18.0 Å². The van der Waals surface area contributed by atoms with Crippen molar-refractivity contribution in [3.05, 3.63) is 48.2 Å². The minimum atomic E-state index is -1.02. The van der Waals surface area contributed by atoms with Crippen molar-refractivity contribution in [1.82, 2.24) is 9.97 Å². The van der Waals surface area contributed by atoms with Crippen molar-refractivity contribution in [2.45, 2.75) is 6.42 Å². The fraction of sp³-hybridized carbons (Fsp3) is 0.0833. The summed E-state index contributed by atoms with van der Waals surface area (Å²) in [6.07, 6.45) is 3.96. The Labute approximate surface area is 96.8 Å². The first-order chi connectivity index (χ1) is 8.16. The van der Waals surface area contributed by atoms with Crippen LogP contribution in [0.1, 0.15) is 5.56 Å². The molecule has 86 valence electrons. The Morgan fingerprint density at radius 2 is 2.06 bits per heavy atom. The lowest BCUT2D eigenvalue weighted by molar-refractivity contribution is -0.136. The second kappa shape index (κ2) is 4.69. The SMILES string of the molecule is O=C(O)Cc1cc(F)cnc1-c1ccncc1. The first-order valence-electron chi connectivity index (χ1n) is 4.93. The molecule has 0 bridgehead atoms. The lowest BCUT2D eigenvalue weighted by atomic mass is 10.0. The molecule has 0 aromatic carbocycles. The number of hydrogen-bond donors (Lipinski definition) is 1. The summed E-state index contributed by atoms with van der Waals surface area (Å²) in [5, 5.41) is 8.77. The van der Waals surface area contributed by atoms with Gasteiger partial charge in [0.15, 0.2) is 0 Å². The molecule has 0 atom stereocenters. The molecule has 2 rings (SSSR count). The van der Waals surface area contributed by atoms with E-state index < -0.39 is 11.8 Å². The standard InChI is InChI=1S/C12H9FN2O2/c13-10-5-9(6-11(16)17)12(15-7-10)8-1-3-14-4-2-8/h1-5,7H,6H2,(H,16,17). The molecule has 4 nitrogen and oxygen atoms in total. The monoisotopic (exact) mass is 232 g/mol. The summed E-state index contributed by atoms with van der Waals surface area (Å²) < 4.78 is 13.0. The van der Waals surface area contributed by atoms with E-state index in [0.29, 0.717) is 11.3 Å². The van der Waals surface area contributed by atoms with E-state index in [2.05, 4.69) is 9.97 Å². The van der Waals surface area contributed by atoms with Crippen LogP contribution < -0.4 is 0 Å². The highest BCUT2D eigenvalue weighted by molar-refractivity contribution is 5.74. The number of pyridine rings is 2. The number of carboxylic acid groups (broad SMARTS) is 1. The Morgan fingerprint density at radius 1 is 1.35 bits per heavy atom. The van der Waals surface area contributed by atoms with Gasteiger partial charge in [0.1, 0.15) is 5.82 Å². The number of carbonyl (C=O) groups is 1. The van der Waals surface area contributed by atoms with Crippen LogP contribution in [0.5, 0.6) is 0 Å². The molecule has 0 aliphatic carbocycles. The van der Waals surface area contributed by atoms with Crippen LogP contribution in [0.15, 0.2) is 36.8 Å². The Kier molecular flexibility index (Phi) is 3.09. The van der Waals surface area contributed by atoms with Crippen molar-refractivity contribution < 1.29 is 14.3 Å². The first kappa shape index (κ1) is 11.2. The average Bonchev–Trinajstić information content (AvgIpc) is 2.29. The molecule has 0 aliphatic rings. The minimum Gasteiger partial charge on any atom is -0.481 e. The van der Waals surface area contributed by atoms with Gasteiger partial charge in [-0.25, -0.2) is 4.39 Å². The van der Waals surface area contributed by atoms with Crippen LogP contribution in [-0.2, 0) is 11.2 Å².